The van der Waals surface area contributed by atoms with Crippen LogP contribution in [-0.2, 0) is 21.1 Å². The number of imidazole rings is 1. The zero-order valence-electron chi connectivity index (χ0n) is 21.0. The molecule has 32 heavy (non-hydrogen) atoms. The molecule has 0 aliphatic rings. The fraction of sp³-hybridized carbons (Fsp3) is 0.880. The van der Waals surface area contributed by atoms with Gasteiger partial charge in [-0.25, -0.2) is 13.0 Å². The predicted molar refractivity (Wildman–Crippen MR) is 131 cm³/mol. The summed E-state index contributed by atoms with van der Waals surface area (Å²) in [6, 6.07) is 0. The number of aryl methyl sites for hydroxylation is 1. The average molecular weight is 475 g/mol. The van der Waals surface area contributed by atoms with E-state index in [2.05, 4.69) is 33.8 Å². The Morgan fingerprint density at radius 2 is 1.25 bits per heavy atom. The van der Waals surface area contributed by atoms with Crippen LogP contribution >= 0.6 is 0 Å². The summed E-state index contributed by atoms with van der Waals surface area (Å²) in [5, 5.41) is 0. The Hall–Kier alpha value is -0.920. The molecule has 0 bridgehead atoms. The molecular weight excluding hydrogens is 424 g/mol. The first-order chi connectivity index (χ1) is 15.3. The molecule has 0 saturated heterocycles. The summed E-state index contributed by atoms with van der Waals surface area (Å²) in [6.07, 6.45) is 29.3. The third-order valence-corrected chi connectivity index (χ3v) is 6.09. The third kappa shape index (κ3) is 25.3. The van der Waals surface area contributed by atoms with E-state index in [-0.39, 0.29) is 6.61 Å². The summed E-state index contributed by atoms with van der Waals surface area (Å²) in [6.45, 7) is 7.18. The second kappa shape index (κ2) is 21.9. The minimum Gasteiger partial charge on any atom is -0.726 e. The zero-order chi connectivity index (χ0) is 23.9. The minimum atomic E-state index is -4.42. The minimum absolute atomic E-state index is 0.0914. The highest BCUT2D eigenvalue weighted by atomic mass is 32.3. The molecule has 6 nitrogen and oxygen atoms in total. The van der Waals surface area contributed by atoms with Crippen molar-refractivity contribution in [1.82, 2.24) is 4.98 Å². The summed E-state index contributed by atoms with van der Waals surface area (Å²) in [5.74, 6) is 0.892. The van der Waals surface area contributed by atoms with E-state index >= 15 is 0 Å². The highest BCUT2D eigenvalue weighted by Gasteiger charge is 1.98. The molecule has 0 unspecified atom stereocenters. The summed E-state index contributed by atoms with van der Waals surface area (Å²) >= 11 is 0. The molecule has 0 spiro atoms. The van der Waals surface area contributed by atoms with Gasteiger partial charge in [0.15, 0.2) is 0 Å². The van der Waals surface area contributed by atoms with E-state index in [1.807, 2.05) is 12.5 Å². The van der Waals surface area contributed by atoms with Gasteiger partial charge in [0, 0.05) is 0 Å². The summed E-state index contributed by atoms with van der Waals surface area (Å²) in [5.41, 5.74) is 0. The topological polar surface area (TPSA) is 86.1 Å². The maximum atomic E-state index is 9.45. The number of unbranched alkanes of at least 4 members (excludes halogenated alkanes) is 14. The average Bonchev–Trinajstić information content (AvgIpc) is 3.23. The quantitative estimate of drug-likeness (QED) is 0.0988. The highest BCUT2D eigenvalue weighted by molar-refractivity contribution is 7.80. The second-order valence-electron chi connectivity index (χ2n) is 9.15. The Kier molecular flexibility index (Phi) is 21.3. The van der Waals surface area contributed by atoms with Crippen LogP contribution in [0.5, 0.6) is 0 Å². The number of nitrogens with one attached hydrogen (secondary N) is 1. The van der Waals surface area contributed by atoms with Crippen molar-refractivity contribution in [3.63, 3.8) is 0 Å². The normalized spacial score (nSPS) is 11.5. The van der Waals surface area contributed by atoms with Crippen molar-refractivity contribution in [3.05, 3.63) is 18.7 Å². The van der Waals surface area contributed by atoms with E-state index in [1.165, 1.54) is 116 Å². The van der Waals surface area contributed by atoms with E-state index in [1.54, 1.807) is 0 Å². The zero-order valence-corrected chi connectivity index (χ0v) is 21.8. The van der Waals surface area contributed by atoms with Gasteiger partial charge in [-0.05, 0) is 25.7 Å². The molecule has 0 atom stereocenters. The van der Waals surface area contributed by atoms with Crippen molar-refractivity contribution in [2.24, 2.45) is 5.92 Å². The number of nitrogens with zero attached hydrogens (tertiary/aromatic N) is 1. The fourth-order valence-electron chi connectivity index (χ4n) is 3.75. The molecular formula is C25H50N2O4S. The van der Waals surface area contributed by atoms with Crippen molar-refractivity contribution in [3.8, 4) is 0 Å². The van der Waals surface area contributed by atoms with Gasteiger partial charge in [0.2, 0.25) is 16.7 Å². The largest absolute Gasteiger partial charge is 0.726 e. The fourth-order valence-corrected chi connectivity index (χ4v) is 4.04. The Bertz CT molecular complexity index is 589. The Labute approximate surface area is 198 Å². The van der Waals surface area contributed by atoms with Crippen molar-refractivity contribution >= 4 is 10.4 Å². The molecule has 0 saturated carbocycles. The highest BCUT2D eigenvalue weighted by Crippen LogP contribution is 2.14. The second-order valence-corrected chi connectivity index (χ2v) is 10.2. The van der Waals surface area contributed by atoms with Crippen LogP contribution in [0.15, 0.2) is 18.7 Å². The van der Waals surface area contributed by atoms with Crippen molar-refractivity contribution in [2.45, 2.75) is 130 Å². The molecule has 0 aromatic carbocycles. The Balaban J connectivity index is 0.00000118. The van der Waals surface area contributed by atoms with Crippen LogP contribution in [0, 0.1) is 5.92 Å². The third-order valence-electron chi connectivity index (χ3n) is 5.56. The lowest BCUT2D eigenvalue weighted by Gasteiger charge is -2.05. The number of hydrogen-bond acceptors (Lipinski definition) is 4. The lowest BCUT2D eigenvalue weighted by Crippen LogP contribution is -2.30. The first-order valence-corrected chi connectivity index (χ1v) is 14.3. The molecule has 190 valence electrons. The number of aromatic nitrogens is 2. The molecule has 0 radical (unpaired) electrons. The lowest BCUT2D eigenvalue weighted by atomic mass is 10.0. The van der Waals surface area contributed by atoms with Crippen LogP contribution in [0.4, 0.5) is 0 Å². The van der Waals surface area contributed by atoms with Gasteiger partial charge in [-0.3, -0.25) is 9.17 Å². The number of rotatable bonds is 20. The van der Waals surface area contributed by atoms with Crippen LogP contribution in [0.1, 0.15) is 124 Å². The number of hydrogen-bond donors (Lipinski definition) is 1. The molecule has 0 fully saturated rings. The van der Waals surface area contributed by atoms with Gasteiger partial charge >= 0.3 is 0 Å². The summed E-state index contributed by atoms with van der Waals surface area (Å²) in [7, 11) is -4.42. The van der Waals surface area contributed by atoms with Crippen molar-refractivity contribution in [2.75, 3.05) is 6.61 Å². The first-order valence-electron chi connectivity index (χ1n) is 13.0. The van der Waals surface area contributed by atoms with Crippen molar-refractivity contribution in [1.29, 1.82) is 0 Å². The van der Waals surface area contributed by atoms with Crippen molar-refractivity contribution < 1.29 is 21.7 Å². The van der Waals surface area contributed by atoms with E-state index in [4.69, 9.17) is 0 Å². The van der Waals surface area contributed by atoms with Crippen LogP contribution < -0.4 is 4.57 Å². The molecule has 0 aliphatic carbocycles. The maximum Gasteiger partial charge on any atom is 0.241 e. The molecule has 1 heterocycles. The van der Waals surface area contributed by atoms with Crippen LogP contribution in [0.25, 0.3) is 0 Å². The number of H-pyrrole nitrogens is 1. The van der Waals surface area contributed by atoms with E-state index in [0.717, 1.165) is 5.92 Å². The van der Waals surface area contributed by atoms with E-state index in [9.17, 15) is 13.0 Å². The van der Waals surface area contributed by atoms with Gasteiger partial charge in [0.25, 0.3) is 0 Å². The smallest absolute Gasteiger partial charge is 0.241 e. The van der Waals surface area contributed by atoms with Crippen LogP contribution in [-0.4, -0.2) is 24.6 Å². The standard InChI is InChI=1S/C23H44N2.C2H6O4S/c1-23(2)18-16-14-12-10-8-6-4-3-5-7-9-11-13-15-17-20-25-21-19-24-22-25;1-2-6-7(3,4)5/h19,21-23H,3-18,20H2,1-2H3;2H2,1H3,(H,3,4,5). The summed E-state index contributed by atoms with van der Waals surface area (Å²) < 4.78 is 34.2. The molecule has 0 aliphatic heterocycles. The van der Waals surface area contributed by atoms with Gasteiger partial charge in [-0.15, -0.1) is 0 Å². The SMILES string of the molecule is CC(C)CCCCCCCCCCCCCCCCC[n+]1cc[nH]c1.CCOS(=O)(=O)[O-]. The Morgan fingerprint density at radius 3 is 1.56 bits per heavy atom. The lowest BCUT2D eigenvalue weighted by molar-refractivity contribution is -0.696. The molecule has 1 aromatic rings. The Morgan fingerprint density at radius 1 is 0.812 bits per heavy atom. The molecule has 1 aromatic heterocycles. The van der Waals surface area contributed by atoms with Crippen LogP contribution in [0.2, 0.25) is 0 Å². The molecule has 0 amide bonds. The molecule has 7 heteroatoms. The van der Waals surface area contributed by atoms with Gasteiger partial charge in [-0.1, -0.05) is 104 Å². The van der Waals surface area contributed by atoms with Gasteiger partial charge < -0.3 is 4.55 Å². The van der Waals surface area contributed by atoms with Gasteiger partial charge in [0.1, 0.15) is 12.4 Å². The molecule has 1 rings (SSSR count). The molecule has 1 N–H and O–H groups in total. The monoisotopic (exact) mass is 474 g/mol. The van der Waals surface area contributed by atoms with Gasteiger partial charge in [0.05, 0.1) is 13.2 Å². The number of aromatic amines is 1. The summed E-state index contributed by atoms with van der Waals surface area (Å²) in [4.78, 5) is 3.10. The first kappa shape index (κ1) is 31.1. The van der Waals surface area contributed by atoms with Crippen LogP contribution in [0.3, 0.4) is 0 Å². The van der Waals surface area contributed by atoms with E-state index < -0.39 is 10.4 Å². The van der Waals surface area contributed by atoms with E-state index in [0.29, 0.717) is 0 Å². The van der Waals surface area contributed by atoms with Gasteiger partial charge in [-0.2, -0.15) is 0 Å². The predicted octanol–water partition coefficient (Wildman–Crippen LogP) is 6.68. The maximum absolute atomic E-state index is 9.45.